The number of H-pyrrole nitrogens is 1. The van der Waals surface area contributed by atoms with E-state index in [2.05, 4.69) is 4.98 Å². The van der Waals surface area contributed by atoms with Crippen molar-refractivity contribution >= 4 is 0 Å². The van der Waals surface area contributed by atoms with E-state index in [-0.39, 0.29) is 18.7 Å². The van der Waals surface area contributed by atoms with Gasteiger partial charge >= 0.3 is 5.56 Å². The van der Waals surface area contributed by atoms with Crippen molar-refractivity contribution in [3.05, 3.63) is 33.1 Å². The van der Waals surface area contributed by atoms with Gasteiger partial charge in [0.05, 0.1) is 18.9 Å². The van der Waals surface area contributed by atoms with Crippen LogP contribution in [0.5, 0.6) is 0 Å². The van der Waals surface area contributed by atoms with Crippen LogP contribution < -0.4 is 10.3 Å². The second-order valence-corrected chi connectivity index (χ2v) is 4.69. The van der Waals surface area contributed by atoms with Gasteiger partial charge < -0.3 is 25.1 Å². The van der Waals surface area contributed by atoms with Gasteiger partial charge in [-0.05, 0) is 6.42 Å². The highest BCUT2D eigenvalue weighted by atomic mass is 16.5. The quantitative estimate of drug-likeness (QED) is 0.487. The number of aryl methyl sites for hydroxylation is 1. The van der Waals surface area contributed by atoms with Crippen molar-refractivity contribution in [3.63, 3.8) is 0 Å². The SMILES string of the molecule is CCCc1c[nH]c(=O)c([C@H]2C[C@H](O)[C@@H](CO)O2)[n+]1[O-]. The number of aliphatic hydroxyl groups is 2. The van der Waals surface area contributed by atoms with Crippen LogP contribution >= 0.6 is 0 Å². The molecule has 2 heterocycles. The normalized spacial score (nSPS) is 26.8. The Hall–Kier alpha value is -1.44. The average molecular weight is 270 g/mol. The molecule has 1 fully saturated rings. The first kappa shape index (κ1) is 14.0. The van der Waals surface area contributed by atoms with Crippen LogP contribution in [0.2, 0.25) is 0 Å². The van der Waals surface area contributed by atoms with Crippen molar-refractivity contribution in [2.75, 3.05) is 6.61 Å². The predicted molar refractivity (Wildman–Crippen MR) is 65.3 cm³/mol. The summed E-state index contributed by atoms with van der Waals surface area (Å²) < 4.78 is 5.95. The van der Waals surface area contributed by atoms with Crippen LogP contribution in [0.15, 0.2) is 11.0 Å². The molecule has 7 nitrogen and oxygen atoms in total. The van der Waals surface area contributed by atoms with Crippen molar-refractivity contribution in [1.82, 2.24) is 4.98 Å². The van der Waals surface area contributed by atoms with Gasteiger partial charge in [0.2, 0.25) is 5.69 Å². The van der Waals surface area contributed by atoms with E-state index in [4.69, 9.17) is 9.84 Å². The highest BCUT2D eigenvalue weighted by Crippen LogP contribution is 2.29. The number of hydrogen-bond acceptors (Lipinski definition) is 5. The van der Waals surface area contributed by atoms with E-state index in [1.807, 2.05) is 6.92 Å². The lowest BCUT2D eigenvalue weighted by molar-refractivity contribution is -0.628. The third-order valence-corrected chi connectivity index (χ3v) is 3.30. The van der Waals surface area contributed by atoms with Crippen LogP contribution in [0.3, 0.4) is 0 Å². The molecule has 3 N–H and O–H groups in total. The Morgan fingerprint density at radius 1 is 1.63 bits per heavy atom. The van der Waals surface area contributed by atoms with E-state index in [0.29, 0.717) is 16.8 Å². The van der Waals surface area contributed by atoms with Gasteiger partial charge in [0, 0.05) is 12.8 Å². The third-order valence-electron chi connectivity index (χ3n) is 3.30. The van der Waals surface area contributed by atoms with Crippen LogP contribution in [-0.4, -0.2) is 34.0 Å². The van der Waals surface area contributed by atoms with Crippen molar-refractivity contribution < 1.29 is 19.7 Å². The first-order valence-electron chi connectivity index (χ1n) is 6.36. The number of rotatable bonds is 4. The Kier molecular flexibility index (Phi) is 4.18. The van der Waals surface area contributed by atoms with Gasteiger partial charge in [0.15, 0.2) is 6.10 Å². The van der Waals surface area contributed by atoms with Crippen LogP contribution in [0.4, 0.5) is 0 Å². The molecular weight excluding hydrogens is 252 g/mol. The van der Waals surface area contributed by atoms with E-state index in [1.165, 1.54) is 6.20 Å². The standard InChI is InChI=1S/C12H18N2O5/c1-2-3-7-5-13-12(17)11(14(7)18)9-4-8(16)10(6-15)19-9/h5,8-10,15-16H,2-4,6H2,1H3,(H,13,17)/t8-,9+,10+/m0/s1. The van der Waals surface area contributed by atoms with Crippen LogP contribution in [-0.2, 0) is 11.2 Å². The molecule has 19 heavy (non-hydrogen) atoms. The Morgan fingerprint density at radius 2 is 2.37 bits per heavy atom. The number of aliphatic hydroxyl groups excluding tert-OH is 2. The minimum atomic E-state index is -0.871. The molecule has 106 valence electrons. The first-order chi connectivity index (χ1) is 9.08. The van der Waals surface area contributed by atoms with Gasteiger partial charge in [0.25, 0.3) is 5.69 Å². The predicted octanol–water partition coefficient (Wildman–Crippen LogP) is -0.856. The van der Waals surface area contributed by atoms with E-state index in [0.717, 1.165) is 6.42 Å². The van der Waals surface area contributed by atoms with Crippen LogP contribution in [0.25, 0.3) is 0 Å². The Morgan fingerprint density at radius 3 is 2.95 bits per heavy atom. The molecule has 0 aliphatic carbocycles. The summed E-state index contributed by atoms with van der Waals surface area (Å²) in [5, 5.41) is 30.8. The fourth-order valence-electron chi connectivity index (χ4n) is 2.30. The summed E-state index contributed by atoms with van der Waals surface area (Å²) in [6, 6.07) is 0. The van der Waals surface area contributed by atoms with Gasteiger partial charge in [-0.1, -0.05) is 6.92 Å². The number of aromatic nitrogens is 2. The summed E-state index contributed by atoms with van der Waals surface area (Å²) in [5.74, 6) is 0. The van der Waals surface area contributed by atoms with E-state index >= 15 is 0 Å². The maximum absolute atomic E-state index is 12.1. The Balaban J connectivity index is 2.34. The van der Waals surface area contributed by atoms with Gasteiger partial charge in [-0.3, -0.25) is 4.79 Å². The molecule has 1 aliphatic rings. The van der Waals surface area contributed by atoms with Gasteiger partial charge in [-0.15, -0.1) is 0 Å². The summed E-state index contributed by atoms with van der Waals surface area (Å²) >= 11 is 0. The second kappa shape index (κ2) is 5.68. The average Bonchev–Trinajstić information content (AvgIpc) is 2.74. The molecule has 1 aliphatic heterocycles. The Bertz CT molecular complexity index is 501. The summed E-state index contributed by atoms with van der Waals surface area (Å²) in [4.78, 5) is 14.3. The lowest BCUT2D eigenvalue weighted by atomic mass is 10.1. The molecule has 1 aromatic heterocycles. The maximum Gasteiger partial charge on any atom is 0.319 e. The minimum Gasteiger partial charge on any atom is -0.618 e. The zero-order valence-electron chi connectivity index (χ0n) is 10.7. The minimum absolute atomic E-state index is 0.0547. The zero-order valence-corrected chi connectivity index (χ0v) is 10.7. The van der Waals surface area contributed by atoms with E-state index in [1.54, 1.807) is 0 Å². The smallest absolute Gasteiger partial charge is 0.319 e. The van der Waals surface area contributed by atoms with Crippen LogP contribution in [0, 0.1) is 5.21 Å². The number of hydrogen-bond donors (Lipinski definition) is 3. The highest BCUT2D eigenvalue weighted by molar-refractivity contribution is 5.02. The molecule has 0 bridgehead atoms. The number of ether oxygens (including phenoxy) is 1. The third kappa shape index (κ3) is 2.63. The lowest BCUT2D eigenvalue weighted by Gasteiger charge is -2.13. The fraction of sp³-hybridized carbons (Fsp3) is 0.667. The van der Waals surface area contributed by atoms with E-state index in [9.17, 15) is 15.1 Å². The zero-order chi connectivity index (χ0) is 14.0. The summed E-state index contributed by atoms with van der Waals surface area (Å²) in [5.41, 5.74) is -0.116. The molecular formula is C12H18N2O5. The monoisotopic (exact) mass is 270 g/mol. The van der Waals surface area contributed by atoms with Crippen molar-refractivity contribution in [2.24, 2.45) is 0 Å². The molecule has 2 rings (SSSR count). The molecule has 1 aromatic rings. The first-order valence-corrected chi connectivity index (χ1v) is 6.36. The lowest BCUT2D eigenvalue weighted by Crippen LogP contribution is -2.44. The summed E-state index contributed by atoms with van der Waals surface area (Å²) in [6.07, 6.45) is 0.449. The van der Waals surface area contributed by atoms with Gasteiger partial charge in [0.1, 0.15) is 6.10 Å². The fourth-order valence-corrected chi connectivity index (χ4v) is 2.30. The maximum atomic E-state index is 12.1. The van der Waals surface area contributed by atoms with Gasteiger partial charge in [-0.25, -0.2) is 0 Å². The van der Waals surface area contributed by atoms with Crippen molar-refractivity contribution in [3.8, 4) is 0 Å². The second-order valence-electron chi connectivity index (χ2n) is 4.69. The molecule has 0 aromatic carbocycles. The molecule has 0 saturated carbocycles. The molecule has 3 atom stereocenters. The molecule has 0 amide bonds. The number of nitrogens with zero attached hydrogens (tertiary/aromatic N) is 1. The Labute approximate surface area is 110 Å². The van der Waals surface area contributed by atoms with Gasteiger partial charge in [-0.2, -0.15) is 4.73 Å². The van der Waals surface area contributed by atoms with Crippen molar-refractivity contribution in [2.45, 2.75) is 44.5 Å². The molecule has 7 heteroatoms. The number of nitrogens with one attached hydrogen (secondary N) is 1. The molecule has 0 radical (unpaired) electrons. The van der Waals surface area contributed by atoms with Crippen molar-refractivity contribution in [1.29, 1.82) is 0 Å². The topological polar surface area (TPSA) is 109 Å². The molecule has 0 spiro atoms. The number of aromatic amines is 1. The summed E-state index contributed by atoms with van der Waals surface area (Å²) in [7, 11) is 0. The highest BCUT2D eigenvalue weighted by Gasteiger charge is 2.40. The molecule has 1 saturated heterocycles. The van der Waals surface area contributed by atoms with Crippen LogP contribution in [0.1, 0.15) is 37.3 Å². The van der Waals surface area contributed by atoms with E-state index < -0.39 is 23.9 Å². The molecule has 0 unspecified atom stereocenters. The summed E-state index contributed by atoms with van der Waals surface area (Å²) in [6.45, 7) is 1.59. The largest absolute Gasteiger partial charge is 0.618 e.